The van der Waals surface area contributed by atoms with E-state index in [9.17, 15) is 39.7 Å². The minimum Gasteiger partial charge on any atom is -0.480 e. The fourth-order valence-corrected chi connectivity index (χ4v) is 3.43. The Morgan fingerprint density at radius 2 is 1.31 bits per heavy atom. The molecule has 17 nitrogen and oxygen atoms in total. The molecule has 17 heteroatoms. The molecule has 2 aromatic rings. The zero-order valence-electron chi connectivity index (χ0n) is 19.2. The maximum absolute atomic E-state index is 13.1. The van der Waals surface area contributed by atoms with E-state index in [4.69, 9.17) is 9.47 Å². The number of aromatic nitrogens is 4. The van der Waals surface area contributed by atoms with Gasteiger partial charge in [-0.2, -0.15) is 14.0 Å². The number of aryl methyl sites for hydroxylation is 2. The van der Waals surface area contributed by atoms with Crippen molar-refractivity contribution in [1.82, 2.24) is 24.0 Å². The molecule has 0 spiro atoms. The maximum Gasteiger partial charge on any atom is 0.368 e. The van der Waals surface area contributed by atoms with Gasteiger partial charge in [-0.05, 0) is 23.7 Å². The first kappa shape index (κ1) is 26.8. The molecule has 2 rings (SSSR count). The molecule has 0 saturated carbocycles. The predicted octanol–water partition coefficient (Wildman–Crippen LogP) is 0.723. The number of esters is 2. The average molecular weight is 497 g/mol. The number of nitro groups is 2. The van der Waals surface area contributed by atoms with Gasteiger partial charge in [0.15, 0.2) is 11.6 Å². The molecule has 0 aliphatic rings. The van der Waals surface area contributed by atoms with Crippen LogP contribution >= 0.6 is 0 Å². The highest BCUT2D eigenvalue weighted by atomic mass is 16.6. The van der Waals surface area contributed by atoms with E-state index >= 15 is 0 Å². The first-order chi connectivity index (χ1) is 16.5. The van der Waals surface area contributed by atoms with Crippen LogP contribution in [0, 0.1) is 34.1 Å². The summed E-state index contributed by atoms with van der Waals surface area (Å²) in [4.78, 5) is 68.0. The molecule has 190 valence electrons. The van der Waals surface area contributed by atoms with Crippen LogP contribution < -0.4 is 0 Å². The Morgan fingerprint density at radius 1 is 0.943 bits per heavy atom. The van der Waals surface area contributed by atoms with Crippen molar-refractivity contribution in [2.24, 2.45) is 0 Å². The number of hydrogen-bond acceptors (Lipinski definition) is 12. The van der Waals surface area contributed by atoms with Crippen LogP contribution in [0.25, 0.3) is 0 Å². The predicted molar refractivity (Wildman–Crippen MR) is 113 cm³/mol. The van der Waals surface area contributed by atoms with Crippen molar-refractivity contribution in [2.45, 2.75) is 40.0 Å². The quantitative estimate of drug-likeness (QED) is 0.243. The van der Waals surface area contributed by atoms with Gasteiger partial charge in [0.1, 0.15) is 18.9 Å². The standard InChI is InChI=1S/C18H23N7O10/c1-5-34-17(28)15(22-10(3)19-7-12(22)24(30)31)21(9-14(26)27)16(18(29)35-6-2)23-11(4)20-8-13(23)25(32)33/h7-8,15-16H,5-6,9H2,1-4H3,(H,26,27). The third-order valence-electron chi connectivity index (χ3n) is 4.73. The van der Waals surface area contributed by atoms with Crippen LogP contribution in [0.2, 0.25) is 0 Å². The summed E-state index contributed by atoms with van der Waals surface area (Å²) in [5.41, 5.74) is 0. The van der Waals surface area contributed by atoms with Crippen molar-refractivity contribution in [1.29, 1.82) is 0 Å². The van der Waals surface area contributed by atoms with Gasteiger partial charge in [0.05, 0.1) is 13.2 Å². The van der Waals surface area contributed by atoms with Crippen LogP contribution in [0.3, 0.4) is 0 Å². The van der Waals surface area contributed by atoms with Crippen molar-refractivity contribution >= 4 is 29.5 Å². The molecule has 0 saturated heterocycles. The Bertz CT molecular complexity index is 1060. The van der Waals surface area contributed by atoms with Crippen LogP contribution in [-0.2, 0) is 23.9 Å². The van der Waals surface area contributed by atoms with Gasteiger partial charge in [-0.1, -0.05) is 0 Å². The summed E-state index contributed by atoms with van der Waals surface area (Å²) >= 11 is 0. The van der Waals surface area contributed by atoms with Crippen molar-refractivity contribution in [3.63, 3.8) is 0 Å². The number of nitrogens with zero attached hydrogens (tertiary/aromatic N) is 7. The summed E-state index contributed by atoms with van der Waals surface area (Å²) in [5, 5.41) is 32.9. The largest absolute Gasteiger partial charge is 0.480 e. The molecule has 2 atom stereocenters. The number of carbonyl (C=O) groups is 3. The fourth-order valence-electron chi connectivity index (χ4n) is 3.43. The second kappa shape index (κ2) is 11.1. The van der Waals surface area contributed by atoms with Crippen molar-refractivity contribution in [2.75, 3.05) is 19.8 Å². The van der Waals surface area contributed by atoms with E-state index in [-0.39, 0.29) is 24.9 Å². The number of imidazole rings is 2. The van der Waals surface area contributed by atoms with Gasteiger partial charge >= 0.3 is 29.5 Å². The summed E-state index contributed by atoms with van der Waals surface area (Å²) in [6.07, 6.45) is -2.23. The van der Waals surface area contributed by atoms with Gasteiger partial charge < -0.3 is 34.8 Å². The van der Waals surface area contributed by atoms with E-state index in [1.54, 1.807) is 0 Å². The van der Waals surface area contributed by atoms with Crippen LogP contribution in [0.1, 0.15) is 37.8 Å². The molecular formula is C18H23N7O10. The molecule has 35 heavy (non-hydrogen) atoms. The monoisotopic (exact) mass is 497 g/mol. The number of hydrogen-bond donors (Lipinski definition) is 1. The molecule has 2 aromatic heterocycles. The van der Waals surface area contributed by atoms with E-state index in [1.165, 1.54) is 27.7 Å². The fraction of sp³-hybridized carbons (Fsp3) is 0.500. The van der Waals surface area contributed by atoms with Gasteiger partial charge in [0.2, 0.25) is 0 Å². The first-order valence-electron chi connectivity index (χ1n) is 10.1. The third-order valence-corrected chi connectivity index (χ3v) is 4.73. The smallest absolute Gasteiger partial charge is 0.368 e. The zero-order chi connectivity index (χ0) is 26.4. The third kappa shape index (κ3) is 5.57. The lowest BCUT2D eigenvalue weighted by Crippen LogP contribution is -2.49. The van der Waals surface area contributed by atoms with E-state index in [0.717, 1.165) is 21.5 Å². The van der Waals surface area contributed by atoms with E-state index in [0.29, 0.717) is 4.90 Å². The second-order valence-corrected chi connectivity index (χ2v) is 6.90. The summed E-state index contributed by atoms with van der Waals surface area (Å²) < 4.78 is 11.6. The maximum atomic E-state index is 13.1. The first-order valence-corrected chi connectivity index (χ1v) is 10.1. The Labute approximate surface area is 197 Å². The van der Waals surface area contributed by atoms with Crippen LogP contribution in [0.5, 0.6) is 0 Å². The Balaban J connectivity index is 2.92. The van der Waals surface area contributed by atoms with Gasteiger partial charge in [-0.25, -0.2) is 19.6 Å². The van der Waals surface area contributed by atoms with Gasteiger partial charge in [-0.15, -0.1) is 0 Å². The van der Waals surface area contributed by atoms with Crippen LogP contribution in [0.4, 0.5) is 11.6 Å². The lowest BCUT2D eigenvalue weighted by atomic mass is 10.2. The lowest BCUT2D eigenvalue weighted by molar-refractivity contribution is -0.394. The zero-order valence-corrected chi connectivity index (χ0v) is 19.2. The topological polar surface area (TPSA) is 215 Å². The minimum absolute atomic E-state index is 0.0930. The molecule has 0 bridgehead atoms. The Morgan fingerprint density at radius 3 is 1.60 bits per heavy atom. The number of ether oxygens (including phenoxy) is 2. The number of aliphatic carboxylic acids is 1. The summed E-state index contributed by atoms with van der Waals surface area (Å²) in [7, 11) is 0. The molecule has 1 N–H and O–H groups in total. The van der Waals surface area contributed by atoms with Gasteiger partial charge in [0, 0.05) is 13.8 Å². The molecule has 0 amide bonds. The van der Waals surface area contributed by atoms with Crippen LogP contribution in [-0.4, -0.2) is 76.6 Å². The normalized spacial score (nSPS) is 12.7. The number of carbonyl (C=O) groups excluding carboxylic acids is 2. The number of carboxylic acids is 1. The lowest BCUT2D eigenvalue weighted by Gasteiger charge is -2.31. The number of rotatable bonds is 12. The van der Waals surface area contributed by atoms with Crippen LogP contribution in [0.15, 0.2) is 12.4 Å². The van der Waals surface area contributed by atoms with E-state index < -0.39 is 58.3 Å². The van der Waals surface area contributed by atoms with E-state index in [1.807, 2.05) is 0 Å². The highest BCUT2D eigenvalue weighted by molar-refractivity contribution is 5.80. The minimum atomic E-state index is -1.95. The molecule has 0 aliphatic carbocycles. The molecule has 2 unspecified atom stereocenters. The molecule has 0 aliphatic heterocycles. The molecule has 0 aromatic carbocycles. The second-order valence-electron chi connectivity index (χ2n) is 6.90. The molecular weight excluding hydrogens is 474 g/mol. The highest BCUT2D eigenvalue weighted by Crippen LogP contribution is 2.33. The Kier molecular flexibility index (Phi) is 8.54. The summed E-state index contributed by atoms with van der Waals surface area (Å²) in [5.74, 6) is -5.52. The summed E-state index contributed by atoms with van der Waals surface area (Å²) in [6.45, 7) is 4.01. The average Bonchev–Trinajstić information content (AvgIpc) is 3.32. The highest BCUT2D eigenvalue weighted by Gasteiger charge is 2.49. The molecule has 2 heterocycles. The van der Waals surface area contributed by atoms with Crippen molar-refractivity contribution < 1.29 is 38.8 Å². The summed E-state index contributed by atoms with van der Waals surface area (Å²) in [6, 6.07) is 0. The van der Waals surface area contributed by atoms with Crippen molar-refractivity contribution in [3.8, 4) is 0 Å². The van der Waals surface area contributed by atoms with Crippen molar-refractivity contribution in [3.05, 3.63) is 44.3 Å². The molecule has 0 radical (unpaired) electrons. The van der Waals surface area contributed by atoms with Gasteiger partial charge in [-0.3, -0.25) is 4.79 Å². The van der Waals surface area contributed by atoms with Gasteiger partial charge in [0.25, 0.3) is 12.3 Å². The Hall–Kier alpha value is -4.41. The molecule has 0 fully saturated rings. The SMILES string of the molecule is CCOC(=O)C(N(CC(=O)O)C(C(=O)OCC)n1c([N+](=O)[O-])cnc1C)n1c([N+](=O)[O-])cnc1C. The van der Waals surface area contributed by atoms with E-state index in [2.05, 4.69) is 9.97 Å². The number of carboxylic acid groups (broad SMARTS) is 1.